The molecule has 3 nitrogen and oxygen atoms in total. The van der Waals surface area contributed by atoms with Crippen LogP contribution in [0.25, 0.3) is 0 Å². The van der Waals surface area contributed by atoms with Crippen LogP contribution in [0.4, 0.5) is 0 Å². The minimum Gasteiger partial charge on any atom is -0.496 e. The second-order valence-corrected chi connectivity index (χ2v) is 4.22. The second-order valence-electron chi connectivity index (χ2n) is 4.22. The fourth-order valence-corrected chi connectivity index (χ4v) is 1.73. The number of ether oxygens (including phenoxy) is 2. The summed E-state index contributed by atoms with van der Waals surface area (Å²) < 4.78 is 10.9. The molecule has 0 heterocycles. The second kappa shape index (κ2) is 8.09. The highest BCUT2D eigenvalue weighted by atomic mass is 16.5. The standard InChI is InChI=1S/C14H23NO2/c1-12-6-7-14(16-2)13(10-12)11-17-9-5-3-4-8-15/h6-7,10H,3-5,8-9,11,15H2,1-2H3. The normalized spacial score (nSPS) is 10.5. The summed E-state index contributed by atoms with van der Waals surface area (Å²) in [5.74, 6) is 0.901. The van der Waals surface area contributed by atoms with Crippen LogP contribution in [0.5, 0.6) is 5.75 Å². The zero-order valence-electron chi connectivity index (χ0n) is 10.9. The van der Waals surface area contributed by atoms with Crippen molar-refractivity contribution in [3.05, 3.63) is 29.3 Å². The number of aryl methyl sites for hydroxylation is 1. The van der Waals surface area contributed by atoms with Gasteiger partial charge in [-0.2, -0.15) is 0 Å². The molecule has 0 amide bonds. The number of hydrogen-bond acceptors (Lipinski definition) is 3. The van der Waals surface area contributed by atoms with Gasteiger partial charge >= 0.3 is 0 Å². The molecule has 3 heteroatoms. The Bertz CT molecular complexity index is 326. The topological polar surface area (TPSA) is 44.5 Å². The molecule has 0 atom stereocenters. The minimum atomic E-state index is 0.619. The van der Waals surface area contributed by atoms with E-state index in [-0.39, 0.29) is 0 Å². The van der Waals surface area contributed by atoms with E-state index in [0.717, 1.165) is 43.7 Å². The van der Waals surface area contributed by atoms with Gasteiger partial charge < -0.3 is 15.2 Å². The Morgan fingerprint density at radius 3 is 2.71 bits per heavy atom. The van der Waals surface area contributed by atoms with Crippen molar-refractivity contribution in [2.75, 3.05) is 20.3 Å². The van der Waals surface area contributed by atoms with E-state index >= 15 is 0 Å². The predicted octanol–water partition coefficient (Wildman–Crippen LogP) is 2.65. The van der Waals surface area contributed by atoms with E-state index in [4.69, 9.17) is 15.2 Å². The molecule has 17 heavy (non-hydrogen) atoms. The van der Waals surface area contributed by atoms with E-state index in [1.54, 1.807) is 7.11 Å². The van der Waals surface area contributed by atoms with Gasteiger partial charge in [0.1, 0.15) is 5.75 Å². The fraction of sp³-hybridized carbons (Fsp3) is 0.571. The highest BCUT2D eigenvalue weighted by Crippen LogP contribution is 2.20. The molecule has 0 unspecified atom stereocenters. The molecule has 2 N–H and O–H groups in total. The Kier molecular flexibility index (Phi) is 6.67. The molecule has 0 saturated heterocycles. The first-order valence-corrected chi connectivity index (χ1v) is 6.19. The van der Waals surface area contributed by atoms with Crippen LogP contribution in [0, 0.1) is 6.92 Å². The van der Waals surface area contributed by atoms with Crippen molar-refractivity contribution >= 4 is 0 Å². The Morgan fingerprint density at radius 2 is 2.00 bits per heavy atom. The van der Waals surface area contributed by atoms with Crippen LogP contribution in [0.1, 0.15) is 30.4 Å². The lowest BCUT2D eigenvalue weighted by Crippen LogP contribution is -2.01. The molecule has 0 aliphatic carbocycles. The first-order valence-electron chi connectivity index (χ1n) is 6.19. The maximum atomic E-state index is 5.64. The first-order chi connectivity index (χ1) is 8.27. The Morgan fingerprint density at radius 1 is 1.18 bits per heavy atom. The molecule has 0 fully saturated rings. The van der Waals surface area contributed by atoms with Gasteiger partial charge in [0.15, 0.2) is 0 Å². The zero-order chi connectivity index (χ0) is 12.5. The first kappa shape index (κ1) is 14.0. The summed E-state index contributed by atoms with van der Waals surface area (Å²) >= 11 is 0. The molecular formula is C14H23NO2. The summed E-state index contributed by atoms with van der Waals surface area (Å²) in [6, 6.07) is 6.14. The summed E-state index contributed by atoms with van der Waals surface area (Å²) in [5.41, 5.74) is 7.78. The summed E-state index contributed by atoms with van der Waals surface area (Å²) in [5, 5.41) is 0. The van der Waals surface area contributed by atoms with Crippen LogP contribution in [0.3, 0.4) is 0 Å². The number of benzene rings is 1. The molecule has 0 aliphatic rings. The van der Waals surface area contributed by atoms with E-state index in [1.165, 1.54) is 5.56 Å². The lowest BCUT2D eigenvalue weighted by Gasteiger charge is -2.10. The molecule has 96 valence electrons. The molecule has 0 bridgehead atoms. The van der Waals surface area contributed by atoms with Gasteiger partial charge in [-0.1, -0.05) is 17.7 Å². The predicted molar refractivity (Wildman–Crippen MR) is 70.3 cm³/mol. The van der Waals surface area contributed by atoms with Crippen LogP contribution < -0.4 is 10.5 Å². The van der Waals surface area contributed by atoms with Crippen molar-refractivity contribution in [1.29, 1.82) is 0 Å². The van der Waals surface area contributed by atoms with Gasteiger partial charge in [-0.05, 0) is 38.8 Å². The number of unbranched alkanes of at least 4 members (excludes halogenated alkanes) is 2. The average molecular weight is 237 g/mol. The van der Waals surface area contributed by atoms with Gasteiger partial charge in [0.2, 0.25) is 0 Å². The third-order valence-corrected chi connectivity index (χ3v) is 2.69. The number of nitrogens with two attached hydrogens (primary N) is 1. The largest absolute Gasteiger partial charge is 0.496 e. The molecule has 1 aromatic rings. The maximum Gasteiger partial charge on any atom is 0.124 e. The number of rotatable bonds is 8. The summed E-state index contributed by atoms with van der Waals surface area (Å²) in [7, 11) is 1.69. The van der Waals surface area contributed by atoms with Crippen molar-refractivity contribution in [2.24, 2.45) is 5.73 Å². The van der Waals surface area contributed by atoms with Crippen molar-refractivity contribution in [3.8, 4) is 5.75 Å². The van der Waals surface area contributed by atoms with Crippen molar-refractivity contribution < 1.29 is 9.47 Å². The molecular weight excluding hydrogens is 214 g/mol. The lowest BCUT2D eigenvalue weighted by atomic mass is 10.1. The SMILES string of the molecule is COc1ccc(C)cc1COCCCCCN. The lowest BCUT2D eigenvalue weighted by molar-refractivity contribution is 0.115. The third-order valence-electron chi connectivity index (χ3n) is 2.69. The summed E-state index contributed by atoms with van der Waals surface area (Å²) in [6.45, 7) is 4.25. The van der Waals surface area contributed by atoms with Crippen molar-refractivity contribution in [2.45, 2.75) is 32.8 Å². The highest BCUT2D eigenvalue weighted by molar-refractivity contribution is 5.36. The van der Waals surface area contributed by atoms with Crippen LogP contribution in [-0.2, 0) is 11.3 Å². The monoisotopic (exact) mass is 237 g/mol. The van der Waals surface area contributed by atoms with Gasteiger partial charge in [-0.3, -0.25) is 0 Å². The van der Waals surface area contributed by atoms with Gasteiger partial charge in [-0.25, -0.2) is 0 Å². The fourth-order valence-electron chi connectivity index (χ4n) is 1.73. The molecule has 0 aliphatic heterocycles. The quantitative estimate of drug-likeness (QED) is 0.707. The van der Waals surface area contributed by atoms with Gasteiger partial charge in [0, 0.05) is 12.2 Å². The van der Waals surface area contributed by atoms with E-state index in [0.29, 0.717) is 6.61 Å². The van der Waals surface area contributed by atoms with Crippen LogP contribution in [-0.4, -0.2) is 20.3 Å². The molecule has 0 radical (unpaired) electrons. The number of hydrogen-bond donors (Lipinski definition) is 1. The smallest absolute Gasteiger partial charge is 0.124 e. The van der Waals surface area contributed by atoms with Crippen LogP contribution in [0.15, 0.2) is 18.2 Å². The van der Waals surface area contributed by atoms with Gasteiger partial charge in [-0.15, -0.1) is 0 Å². The van der Waals surface area contributed by atoms with Gasteiger partial charge in [0.05, 0.1) is 13.7 Å². The summed E-state index contributed by atoms with van der Waals surface area (Å²) in [4.78, 5) is 0. The Labute approximate surface area is 104 Å². The maximum absolute atomic E-state index is 5.64. The summed E-state index contributed by atoms with van der Waals surface area (Å²) in [6.07, 6.45) is 3.30. The van der Waals surface area contributed by atoms with E-state index < -0.39 is 0 Å². The van der Waals surface area contributed by atoms with E-state index in [9.17, 15) is 0 Å². The van der Waals surface area contributed by atoms with E-state index in [2.05, 4.69) is 13.0 Å². The molecule has 0 spiro atoms. The molecule has 1 rings (SSSR count). The molecule has 1 aromatic carbocycles. The Balaban J connectivity index is 2.32. The average Bonchev–Trinajstić information content (AvgIpc) is 2.34. The minimum absolute atomic E-state index is 0.619. The Hall–Kier alpha value is -1.06. The number of methoxy groups -OCH3 is 1. The zero-order valence-corrected chi connectivity index (χ0v) is 10.9. The highest BCUT2D eigenvalue weighted by Gasteiger charge is 2.02. The van der Waals surface area contributed by atoms with Crippen molar-refractivity contribution in [1.82, 2.24) is 0 Å². The van der Waals surface area contributed by atoms with E-state index in [1.807, 2.05) is 12.1 Å². The van der Waals surface area contributed by atoms with Crippen molar-refractivity contribution in [3.63, 3.8) is 0 Å². The van der Waals surface area contributed by atoms with Gasteiger partial charge in [0.25, 0.3) is 0 Å². The third kappa shape index (κ3) is 5.20. The van der Waals surface area contributed by atoms with Crippen LogP contribution >= 0.6 is 0 Å². The molecule has 0 aromatic heterocycles. The molecule has 0 saturated carbocycles. The van der Waals surface area contributed by atoms with Crippen LogP contribution in [0.2, 0.25) is 0 Å².